The fourth-order valence-corrected chi connectivity index (χ4v) is 3.75. The zero-order chi connectivity index (χ0) is 20.3. The molecule has 3 aromatic heterocycles. The van der Waals surface area contributed by atoms with Gasteiger partial charge in [0.2, 0.25) is 12.7 Å². The number of hydrogen-bond donors (Lipinski definition) is 1. The molecule has 1 atom stereocenters. The van der Waals surface area contributed by atoms with Gasteiger partial charge in [-0.05, 0) is 31.5 Å². The molecule has 152 valence electrons. The van der Waals surface area contributed by atoms with Gasteiger partial charge >= 0.3 is 0 Å². The minimum Gasteiger partial charge on any atom is -0.453 e. The first kappa shape index (κ1) is 18.4. The van der Waals surface area contributed by atoms with E-state index in [1.165, 1.54) is 0 Å². The minimum absolute atomic E-state index is 0.0774. The molecule has 9 nitrogen and oxygen atoms in total. The summed E-state index contributed by atoms with van der Waals surface area (Å²) in [5.41, 5.74) is 2.03. The maximum absolute atomic E-state index is 12.9. The largest absolute Gasteiger partial charge is 0.453 e. The Morgan fingerprint density at radius 3 is 2.83 bits per heavy atom. The van der Waals surface area contributed by atoms with E-state index >= 15 is 0 Å². The molecule has 3 aromatic rings. The van der Waals surface area contributed by atoms with Gasteiger partial charge in [-0.3, -0.25) is 19.7 Å². The highest BCUT2D eigenvalue weighted by atomic mass is 16.7. The van der Waals surface area contributed by atoms with Crippen molar-refractivity contribution < 1.29 is 14.3 Å². The fraction of sp³-hybridized carbons (Fsp3) is 0.286. The lowest BCUT2D eigenvalue weighted by Crippen LogP contribution is -2.39. The molecule has 2 aliphatic rings. The molecule has 1 fully saturated rings. The summed E-state index contributed by atoms with van der Waals surface area (Å²) in [4.78, 5) is 32.3. The predicted octanol–water partition coefficient (Wildman–Crippen LogP) is 2.27. The third-order valence-electron chi connectivity index (χ3n) is 5.19. The molecule has 5 rings (SSSR count). The number of carbonyl (C=O) groups excluding carboxylic acids is 1. The van der Waals surface area contributed by atoms with Gasteiger partial charge in [0.05, 0.1) is 24.1 Å². The predicted molar refractivity (Wildman–Crippen MR) is 108 cm³/mol. The molecule has 5 heterocycles. The molecule has 30 heavy (non-hydrogen) atoms. The number of hydrogen-bond acceptors (Lipinski definition) is 8. The number of aromatic nitrogens is 4. The van der Waals surface area contributed by atoms with Crippen LogP contribution in [0.2, 0.25) is 0 Å². The topological polar surface area (TPSA) is 102 Å². The van der Waals surface area contributed by atoms with Crippen molar-refractivity contribution in [2.75, 3.05) is 18.7 Å². The van der Waals surface area contributed by atoms with E-state index < -0.39 is 0 Å². The summed E-state index contributed by atoms with van der Waals surface area (Å²) in [6.07, 6.45) is 8.33. The van der Waals surface area contributed by atoms with Gasteiger partial charge in [0.1, 0.15) is 11.4 Å². The van der Waals surface area contributed by atoms with Gasteiger partial charge in [-0.15, -0.1) is 0 Å². The molecule has 1 N–H and O–H groups in total. The van der Waals surface area contributed by atoms with E-state index in [1.807, 2.05) is 18.2 Å². The number of carbonyl (C=O) groups is 1. The van der Waals surface area contributed by atoms with Crippen LogP contribution < -0.4 is 14.8 Å². The van der Waals surface area contributed by atoms with Crippen molar-refractivity contribution >= 4 is 11.6 Å². The molecule has 0 radical (unpaired) electrons. The van der Waals surface area contributed by atoms with Crippen molar-refractivity contribution in [3.8, 4) is 23.0 Å². The van der Waals surface area contributed by atoms with E-state index in [2.05, 4.69) is 30.2 Å². The molecule has 0 aromatic carbocycles. The van der Waals surface area contributed by atoms with Crippen molar-refractivity contribution in [2.45, 2.75) is 25.4 Å². The number of likely N-dealkylation sites (tertiary alicyclic amines) is 1. The highest BCUT2D eigenvalue weighted by Crippen LogP contribution is 2.35. The zero-order valence-electron chi connectivity index (χ0n) is 16.2. The highest BCUT2D eigenvalue weighted by molar-refractivity contribution is 5.94. The number of nitrogens with zero attached hydrogens (tertiary/aromatic N) is 5. The Hall–Kier alpha value is -3.59. The van der Waals surface area contributed by atoms with Crippen LogP contribution in [0.5, 0.6) is 11.5 Å². The quantitative estimate of drug-likeness (QED) is 0.691. The van der Waals surface area contributed by atoms with Crippen LogP contribution in [0.15, 0.2) is 49.1 Å². The fourth-order valence-electron chi connectivity index (χ4n) is 3.75. The molecule has 0 bridgehead atoms. The number of rotatable bonds is 5. The van der Waals surface area contributed by atoms with Crippen LogP contribution in [0.25, 0.3) is 11.5 Å². The number of fused-ring (bicyclic) bond motifs is 1. The zero-order valence-corrected chi connectivity index (χ0v) is 16.2. The Kier molecular flexibility index (Phi) is 4.94. The lowest BCUT2D eigenvalue weighted by molar-refractivity contribution is -0.120. The molecular formula is C21H20N6O3. The number of nitrogens with one attached hydrogen (secondary N) is 1. The molecule has 1 amide bonds. The van der Waals surface area contributed by atoms with Crippen LogP contribution in [0, 0.1) is 0 Å². The molecule has 1 unspecified atom stereocenters. The van der Waals surface area contributed by atoms with E-state index in [1.54, 1.807) is 30.9 Å². The van der Waals surface area contributed by atoms with Gasteiger partial charge in [0.25, 0.3) is 0 Å². The summed E-state index contributed by atoms with van der Waals surface area (Å²) in [6, 6.07) is 7.09. The van der Waals surface area contributed by atoms with Crippen molar-refractivity contribution in [2.24, 2.45) is 0 Å². The van der Waals surface area contributed by atoms with Gasteiger partial charge in [0.15, 0.2) is 17.3 Å². The average Bonchev–Trinajstić information content (AvgIpc) is 3.45. The lowest BCUT2D eigenvalue weighted by atomic mass is 10.2. The Bertz CT molecular complexity index is 1040. The maximum Gasteiger partial charge on any atom is 0.241 e. The number of amides is 1. The van der Waals surface area contributed by atoms with Crippen LogP contribution in [0.4, 0.5) is 5.69 Å². The molecule has 0 saturated carbocycles. The summed E-state index contributed by atoms with van der Waals surface area (Å²) in [5.74, 6) is 1.81. The van der Waals surface area contributed by atoms with Gasteiger partial charge < -0.3 is 14.8 Å². The third kappa shape index (κ3) is 3.67. The number of anilines is 1. The first-order valence-electron chi connectivity index (χ1n) is 9.80. The van der Waals surface area contributed by atoms with Crippen molar-refractivity contribution in [1.29, 1.82) is 0 Å². The lowest BCUT2D eigenvalue weighted by Gasteiger charge is -2.23. The monoisotopic (exact) mass is 404 g/mol. The van der Waals surface area contributed by atoms with E-state index in [4.69, 9.17) is 9.47 Å². The Morgan fingerprint density at radius 1 is 1.10 bits per heavy atom. The summed E-state index contributed by atoms with van der Waals surface area (Å²) in [6.45, 7) is 1.55. The SMILES string of the molecule is O=C(Nc1cnc(-c2ccccn2)nc1)C1CCCN1Cc1nccc2c1OCO2. The molecule has 9 heteroatoms. The van der Waals surface area contributed by atoms with Gasteiger partial charge in [-0.2, -0.15) is 0 Å². The molecule has 2 aliphatic heterocycles. The maximum atomic E-state index is 12.9. The van der Waals surface area contributed by atoms with Gasteiger partial charge in [-0.1, -0.05) is 6.07 Å². The first-order chi connectivity index (χ1) is 14.8. The van der Waals surface area contributed by atoms with Crippen LogP contribution in [-0.4, -0.2) is 50.1 Å². The Balaban J connectivity index is 1.26. The van der Waals surface area contributed by atoms with Gasteiger partial charge in [0, 0.05) is 25.0 Å². The molecular weight excluding hydrogens is 384 g/mol. The first-order valence-corrected chi connectivity index (χ1v) is 9.80. The summed E-state index contributed by atoms with van der Waals surface area (Å²) in [5, 5.41) is 2.93. The van der Waals surface area contributed by atoms with E-state index in [9.17, 15) is 4.79 Å². The van der Waals surface area contributed by atoms with Crippen molar-refractivity contribution in [3.05, 3.63) is 54.7 Å². The second-order valence-corrected chi connectivity index (χ2v) is 7.12. The van der Waals surface area contributed by atoms with E-state index in [0.717, 1.165) is 25.1 Å². The van der Waals surface area contributed by atoms with E-state index in [-0.39, 0.29) is 18.7 Å². The van der Waals surface area contributed by atoms with Crippen molar-refractivity contribution in [1.82, 2.24) is 24.8 Å². The average molecular weight is 404 g/mol. The Morgan fingerprint density at radius 2 is 2.00 bits per heavy atom. The second-order valence-electron chi connectivity index (χ2n) is 7.12. The normalized spacial score (nSPS) is 17.8. The number of ether oxygens (including phenoxy) is 2. The van der Waals surface area contributed by atoms with Gasteiger partial charge in [-0.25, -0.2) is 9.97 Å². The van der Waals surface area contributed by atoms with Crippen LogP contribution >= 0.6 is 0 Å². The van der Waals surface area contributed by atoms with Crippen LogP contribution in [0.1, 0.15) is 18.5 Å². The molecule has 1 saturated heterocycles. The van der Waals surface area contributed by atoms with Crippen LogP contribution in [0.3, 0.4) is 0 Å². The Labute approximate surface area is 173 Å². The van der Waals surface area contributed by atoms with Crippen LogP contribution in [-0.2, 0) is 11.3 Å². The summed E-state index contributed by atoms with van der Waals surface area (Å²) >= 11 is 0. The van der Waals surface area contributed by atoms with Crippen molar-refractivity contribution in [3.63, 3.8) is 0 Å². The molecule has 0 aliphatic carbocycles. The second kappa shape index (κ2) is 8.03. The molecule has 0 spiro atoms. The third-order valence-corrected chi connectivity index (χ3v) is 5.19. The summed E-state index contributed by atoms with van der Waals surface area (Å²) in [7, 11) is 0. The minimum atomic E-state index is -0.250. The highest BCUT2D eigenvalue weighted by Gasteiger charge is 2.32. The summed E-state index contributed by atoms with van der Waals surface area (Å²) < 4.78 is 11.0. The standard InChI is InChI=1S/C21H20N6O3/c28-21(26-14-10-24-20(25-11-14)15-4-1-2-7-22-15)17-5-3-9-27(17)12-16-19-18(6-8-23-16)29-13-30-19/h1-2,4,6-8,10-11,17H,3,5,9,12-13H2,(H,26,28). The smallest absolute Gasteiger partial charge is 0.241 e. The number of pyridine rings is 2. The van der Waals surface area contributed by atoms with E-state index in [0.29, 0.717) is 35.2 Å².